The van der Waals surface area contributed by atoms with Crippen LogP contribution in [0.5, 0.6) is 0 Å². The summed E-state index contributed by atoms with van der Waals surface area (Å²) in [7, 11) is -3.62. The van der Waals surface area contributed by atoms with Crippen LogP contribution in [0.4, 0.5) is 30.6 Å². The number of halogens is 3. The average molecular weight is 442 g/mol. The molecule has 3 aromatic rings. The van der Waals surface area contributed by atoms with Crippen LogP contribution in [0.3, 0.4) is 0 Å². The molecule has 1 saturated heterocycles. The third-order valence-electron chi connectivity index (χ3n) is 4.51. The molecule has 160 valence electrons. The fraction of sp³-hybridized carbons (Fsp3) is 0.353. The Balaban J connectivity index is 1.70. The van der Waals surface area contributed by atoms with E-state index in [9.17, 15) is 21.6 Å². The number of ether oxygens (including phenoxy) is 1. The lowest BCUT2D eigenvalue weighted by atomic mass is 10.2. The van der Waals surface area contributed by atoms with Crippen molar-refractivity contribution in [3.63, 3.8) is 0 Å². The van der Waals surface area contributed by atoms with E-state index in [0.717, 1.165) is 10.3 Å². The number of hydrogen-bond donors (Lipinski definition) is 2. The minimum atomic E-state index is -4.63. The molecule has 0 spiro atoms. The van der Waals surface area contributed by atoms with Gasteiger partial charge in [0.05, 0.1) is 36.3 Å². The third kappa shape index (κ3) is 4.03. The molecular weight excluding hydrogens is 425 g/mol. The summed E-state index contributed by atoms with van der Waals surface area (Å²) in [6.45, 7) is 0.746. The predicted octanol–water partition coefficient (Wildman–Crippen LogP) is 2.60. The summed E-state index contributed by atoms with van der Waals surface area (Å²) in [5.41, 5.74) is -0.267. The van der Waals surface area contributed by atoms with Gasteiger partial charge < -0.3 is 15.4 Å². The van der Waals surface area contributed by atoms with Gasteiger partial charge in [-0.15, -0.1) is 0 Å². The standard InChI is InChI=1S/C17H17F3N6O3S/c1-30(27,28)26-14-4-2-3-13(11(14)7-22-26)24-16-21-8-12(17(18,19)20)15(25-16)23-10-5-6-29-9-10/h2-4,7-8,10H,5-6,9H2,1H3,(H2,21,23,24,25). The minimum absolute atomic E-state index is 0.0796. The van der Waals surface area contributed by atoms with Crippen LogP contribution in [0.1, 0.15) is 12.0 Å². The number of aromatic nitrogens is 4. The Labute approximate surface area is 169 Å². The molecule has 0 saturated carbocycles. The first kappa shape index (κ1) is 20.3. The lowest BCUT2D eigenvalue weighted by Crippen LogP contribution is -2.23. The van der Waals surface area contributed by atoms with Crippen molar-refractivity contribution in [3.05, 3.63) is 36.2 Å². The molecule has 2 aromatic heterocycles. The molecule has 30 heavy (non-hydrogen) atoms. The molecule has 2 N–H and O–H groups in total. The Morgan fingerprint density at radius 2 is 2.07 bits per heavy atom. The lowest BCUT2D eigenvalue weighted by molar-refractivity contribution is -0.137. The lowest BCUT2D eigenvalue weighted by Gasteiger charge is -2.17. The largest absolute Gasteiger partial charge is 0.421 e. The Morgan fingerprint density at radius 1 is 1.27 bits per heavy atom. The van der Waals surface area contributed by atoms with Crippen LogP contribution in [-0.4, -0.2) is 53.1 Å². The highest BCUT2D eigenvalue weighted by atomic mass is 32.2. The Kier molecular flexibility index (Phi) is 5.02. The van der Waals surface area contributed by atoms with E-state index in [1.807, 2.05) is 0 Å². The van der Waals surface area contributed by atoms with Crippen LogP contribution in [0.25, 0.3) is 10.9 Å². The van der Waals surface area contributed by atoms with E-state index in [2.05, 4.69) is 25.7 Å². The number of nitrogens with zero attached hydrogens (tertiary/aromatic N) is 4. The van der Waals surface area contributed by atoms with Crippen molar-refractivity contribution in [2.45, 2.75) is 18.6 Å². The molecule has 3 heterocycles. The number of nitrogens with one attached hydrogen (secondary N) is 2. The first-order chi connectivity index (χ1) is 14.1. The molecule has 1 unspecified atom stereocenters. The Morgan fingerprint density at radius 3 is 2.73 bits per heavy atom. The molecule has 1 fully saturated rings. The molecule has 9 nitrogen and oxygen atoms in total. The number of anilines is 3. The van der Waals surface area contributed by atoms with Crippen molar-refractivity contribution in [3.8, 4) is 0 Å². The zero-order valence-corrected chi connectivity index (χ0v) is 16.5. The van der Waals surface area contributed by atoms with E-state index < -0.39 is 21.8 Å². The highest BCUT2D eigenvalue weighted by Crippen LogP contribution is 2.35. The maximum atomic E-state index is 13.4. The van der Waals surface area contributed by atoms with Gasteiger partial charge in [-0.25, -0.2) is 13.4 Å². The van der Waals surface area contributed by atoms with Crippen LogP contribution >= 0.6 is 0 Å². The molecule has 1 aliphatic rings. The van der Waals surface area contributed by atoms with E-state index in [1.165, 1.54) is 6.20 Å². The molecule has 13 heteroatoms. The second-order valence-electron chi connectivity index (χ2n) is 6.77. The van der Waals surface area contributed by atoms with Crippen molar-refractivity contribution >= 4 is 38.4 Å². The highest BCUT2D eigenvalue weighted by Gasteiger charge is 2.36. The van der Waals surface area contributed by atoms with Crippen molar-refractivity contribution < 1.29 is 26.3 Å². The van der Waals surface area contributed by atoms with E-state index in [4.69, 9.17) is 4.74 Å². The van der Waals surface area contributed by atoms with E-state index in [0.29, 0.717) is 35.8 Å². The van der Waals surface area contributed by atoms with Gasteiger partial charge in [0, 0.05) is 18.2 Å². The van der Waals surface area contributed by atoms with Crippen LogP contribution in [0.2, 0.25) is 0 Å². The molecule has 4 rings (SSSR count). The topological polar surface area (TPSA) is 111 Å². The fourth-order valence-corrected chi connectivity index (χ4v) is 3.86. The zero-order valence-electron chi connectivity index (χ0n) is 15.6. The number of rotatable bonds is 5. The second kappa shape index (κ2) is 7.40. The first-order valence-corrected chi connectivity index (χ1v) is 10.7. The van der Waals surface area contributed by atoms with Gasteiger partial charge in [-0.2, -0.15) is 27.3 Å². The molecule has 1 atom stereocenters. The Bertz CT molecular complexity index is 1190. The van der Waals surface area contributed by atoms with Crippen molar-refractivity contribution in [2.75, 3.05) is 30.1 Å². The maximum Gasteiger partial charge on any atom is 0.421 e. The predicted molar refractivity (Wildman–Crippen MR) is 103 cm³/mol. The van der Waals surface area contributed by atoms with Gasteiger partial charge in [0.2, 0.25) is 5.95 Å². The summed E-state index contributed by atoms with van der Waals surface area (Å²) in [6.07, 6.45) is -1.00. The van der Waals surface area contributed by atoms with Crippen molar-refractivity contribution in [2.24, 2.45) is 0 Å². The monoisotopic (exact) mass is 442 g/mol. The summed E-state index contributed by atoms with van der Waals surface area (Å²) >= 11 is 0. The Hall–Kier alpha value is -2.93. The van der Waals surface area contributed by atoms with Gasteiger partial charge in [-0.1, -0.05) is 6.07 Å². The summed E-state index contributed by atoms with van der Waals surface area (Å²) in [5, 5.41) is 9.94. The highest BCUT2D eigenvalue weighted by molar-refractivity contribution is 7.89. The molecule has 0 radical (unpaired) electrons. The average Bonchev–Trinajstić information content (AvgIpc) is 3.30. The first-order valence-electron chi connectivity index (χ1n) is 8.86. The summed E-state index contributed by atoms with van der Waals surface area (Å²) in [4.78, 5) is 7.79. The third-order valence-corrected chi connectivity index (χ3v) is 5.43. The van der Waals surface area contributed by atoms with E-state index in [-0.39, 0.29) is 24.4 Å². The smallest absolute Gasteiger partial charge is 0.379 e. The SMILES string of the molecule is CS(=O)(=O)n1ncc2c(Nc3ncc(C(F)(F)F)c(NC4CCOC4)n3)cccc21. The molecular formula is C17H17F3N6O3S. The van der Waals surface area contributed by atoms with Crippen LogP contribution in [0.15, 0.2) is 30.6 Å². The van der Waals surface area contributed by atoms with Gasteiger partial charge in [0.1, 0.15) is 11.4 Å². The summed E-state index contributed by atoms with van der Waals surface area (Å²) in [6, 6.07) is 4.49. The van der Waals surface area contributed by atoms with Crippen LogP contribution in [0, 0.1) is 0 Å². The minimum Gasteiger partial charge on any atom is -0.379 e. The van der Waals surface area contributed by atoms with Crippen LogP contribution < -0.4 is 10.6 Å². The molecule has 1 aromatic carbocycles. The van der Waals surface area contributed by atoms with Crippen LogP contribution in [-0.2, 0) is 20.9 Å². The second-order valence-corrected chi connectivity index (χ2v) is 8.58. The van der Waals surface area contributed by atoms with E-state index in [1.54, 1.807) is 18.2 Å². The molecule has 0 amide bonds. The number of hydrogen-bond acceptors (Lipinski definition) is 8. The van der Waals surface area contributed by atoms with Gasteiger partial charge >= 0.3 is 6.18 Å². The van der Waals surface area contributed by atoms with E-state index >= 15 is 0 Å². The zero-order chi connectivity index (χ0) is 21.5. The number of alkyl halides is 3. The van der Waals surface area contributed by atoms with Gasteiger partial charge in [-0.05, 0) is 18.6 Å². The molecule has 1 aliphatic heterocycles. The van der Waals surface area contributed by atoms with Gasteiger partial charge in [0.25, 0.3) is 10.0 Å². The number of benzene rings is 1. The van der Waals surface area contributed by atoms with Gasteiger partial charge in [-0.3, -0.25) is 0 Å². The quantitative estimate of drug-likeness (QED) is 0.620. The number of fused-ring (bicyclic) bond motifs is 1. The maximum absolute atomic E-state index is 13.4. The fourth-order valence-electron chi connectivity index (χ4n) is 3.12. The molecule has 0 aliphatic carbocycles. The van der Waals surface area contributed by atoms with Crippen molar-refractivity contribution in [1.82, 2.24) is 19.2 Å². The van der Waals surface area contributed by atoms with Crippen molar-refractivity contribution in [1.29, 1.82) is 0 Å². The summed E-state index contributed by atoms with van der Waals surface area (Å²) in [5.74, 6) is -0.432. The normalized spacial score (nSPS) is 17.4. The molecule has 0 bridgehead atoms. The summed E-state index contributed by atoms with van der Waals surface area (Å²) < 4.78 is 69.9. The van der Waals surface area contributed by atoms with Gasteiger partial charge in [0.15, 0.2) is 0 Å².